The maximum atomic E-state index is 12.3. The highest BCUT2D eigenvalue weighted by Crippen LogP contribution is 2.32. The quantitative estimate of drug-likeness (QED) is 0.813. The first-order valence-corrected chi connectivity index (χ1v) is 9.58. The third kappa shape index (κ3) is 2.97. The number of rotatable bonds is 2. The standard InChI is InChI=1S/C22H24N4O2/c1-14-11-17-18(12-14)26(24-19(17)20(23)27)16-6-4-5-15(13-16)7-8-22(2)9-10-25(3)21(22)28/h4-6,13-14H,9-12H2,1-3H3,(H2,23,27)/t14?,22-/m1/s1. The van der Waals surface area contributed by atoms with Crippen molar-refractivity contribution in [2.75, 3.05) is 13.6 Å². The van der Waals surface area contributed by atoms with E-state index in [2.05, 4.69) is 23.9 Å². The summed E-state index contributed by atoms with van der Waals surface area (Å²) in [6, 6.07) is 7.73. The molecular formula is C22H24N4O2. The molecule has 1 aliphatic carbocycles. The Bertz CT molecular complexity index is 1040. The molecule has 0 saturated carbocycles. The van der Waals surface area contributed by atoms with E-state index in [1.165, 1.54) is 0 Å². The van der Waals surface area contributed by atoms with Crippen LogP contribution in [-0.4, -0.2) is 40.1 Å². The Hall–Kier alpha value is -3.07. The molecule has 1 aromatic heterocycles. The molecule has 2 amide bonds. The van der Waals surface area contributed by atoms with E-state index < -0.39 is 11.3 Å². The molecule has 0 bridgehead atoms. The molecule has 1 aromatic carbocycles. The Morgan fingerprint density at radius 3 is 2.82 bits per heavy atom. The maximum absolute atomic E-state index is 12.3. The highest BCUT2D eigenvalue weighted by atomic mass is 16.2. The van der Waals surface area contributed by atoms with Crippen molar-refractivity contribution in [3.63, 3.8) is 0 Å². The number of primary amides is 1. The number of nitrogens with zero attached hydrogens (tertiary/aromatic N) is 3. The molecule has 144 valence electrons. The van der Waals surface area contributed by atoms with Gasteiger partial charge in [-0.15, -0.1) is 0 Å². The van der Waals surface area contributed by atoms with Crippen LogP contribution in [0.15, 0.2) is 24.3 Å². The lowest BCUT2D eigenvalue weighted by molar-refractivity contribution is -0.131. The molecule has 4 rings (SSSR count). The van der Waals surface area contributed by atoms with Crippen molar-refractivity contribution >= 4 is 11.8 Å². The fraction of sp³-hybridized carbons (Fsp3) is 0.409. The number of carbonyl (C=O) groups excluding carboxylic acids is 2. The van der Waals surface area contributed by atoms with Crippen molar-refractivity contribution in [1.82, 2.24) is 14.7 Å². The first kappa shape index (κ1) is 18.3. The van der Waals surface area contributed by atoms with Crippen LogP contribution in [0.25, 0.3) is 5.69 Å². The molecule has 28 heavy (non-hydrogen) atoms. The summed E-state index contributed by atoms with van der Waals surface area (Å²) in [5, 5.41) is 4.48. The summed E-state index contributed by atoms with van der Waals surface area (Å²) in [4.78, 5) is 25.9. The smallest absolute Gasteiger partial charge is 0.269 e. The van der Waals surface area contributed by atoms with Crippen molar-refractivity contribution in [2.24, 2.45) is 17.1 Å². The fourth-order valence-electron chi connectivity index (χ4n) is 4.13. The first-order chi connectivity index (χ1) is 13.3. The average Bonchev–Trinajstić information content (AvgIpc) is 3.28. The van der Waals surface area contributed by atoms with Gasteiger partial charge in [0.25, 0.3) is 5.91 Å². The van der Waals surface area contributed by atoms with E-state index in [9.17, 15) is 9.59 Å². The molecule has 6 nitrogen and oxygen atoms in total. The normalized spacial score (nSPS) is 23.5. The van der Waals surface area contributed by atoms with E-state index in [0.717, 1.165) is 48.3 Å². The highest BCUT2D eigenvalue weighted by molar-refractivity contribution is 5.93. The Morgan fingerprint density at radius 1 is 1.36 bits per heavy atom. The minimum Gasteiger partial charge on any atom is -0.364 e. The van der Waals surface area contributed by atoms with Gasteiger partial charge in [0.05, 0.1) is 5.69 Å². The van der Waals surface area contributed by atoms with Gasteiger partial charge in [-0.05, 0) is 50.3 Å². The summed E-state index contributed by atoms with van der Waals surface area (Å²) in [6.45, 7) is 4.79. The molecule has 2 aromatic rings. The molecule has 1 fully saturated rings. The largest absolute Gasteiger partial charge is 0.364 e. The van der Waals surface area contributed by atoms with Gasteiger partial charge in [0.2, 0.25) is 5.91 Å². The number of hydrogen-bond donors (Lipinski definition) is 1. The number of fused-ring (bicyclic) bond motifs is 1. The summed E-state index contributed by atoms with van der Waals surface area (Å²) in [5.74, 6) is 6.38. The number of aromatic nitrogens is 2. The molecular weight excluding hydrogens is 352 g/mol. The third-order valence-electron chi connectivity index (χ3n) is 5.76. The van der Waals surface area contributed by atoms with Gasteiger partial charge in [-0.1, -0.05) is 24.8 Å². The molecule has 1 unspecified atom stereocenters. The lowest BCUT2D eigenvalue weighted by atomic mass is 9.89. The van der Waals surface area contributed by atoms with E-state index in [1.807, 2.05) is 42.9 Å². The van der Waals surface area contributed by atoms with Gasteiger partial charge in [0.1, 0.15) is 5.41 Å². The van der Waals surface area contributed by atoms with E-state index in [0.29, 0.717) is 11.6 Å². The molecule has 2 N–H and O–H groups in total. The Labute approximate surface area is 164 Å². The van der Waals surface area contributed by atoms with Crippen LogP contribution in [-0.2, 0) is 17.6 Å². The third-order valence-corrected chi connectivity index (χ3v) is 5.76. The van der Waals surface area contributed by atoms with E-state index in [-0.39, 0.29) is 5.91 Å². The van der Waals surface area contributed by atoms with E-state index in [1.54, 1.807) is 4.90 Å². The van der Waals surface area contributed by atoms with Gasteiger partial charge in [0, 0.05) is 30.4 Å². The number of hydrogen-bond acceptors (Lipinski definition) is 3. The molecule has 0 radical (unpaired) electrons. The number of nitrogens with two attached hydrogens (primary N) is 1. The number of benzene rings is 1. The minimum absolute atomic E-state index is 0.0705. The molecule has 0 spiro atoms. The second-order valence-corrected chi connectivity index (χ2v) is 8.17. The van der Waals surface area contributed by atoms with Crippen molar-refractivity contribution in [2.45, 2.75) is 33.1 Å². The fourth-order valence-corrected chi connectivity index (χ4v) is 4.13. The summed E-state index contributed by atoms with van der Waals surface area (Å²) >= 11 is 0. The second-order valence-electron chi connectivity index (χ2n) is 8.17. The van der Waals surface area contributed by atoms with Crippen LogP contribution < -0.4 is 5.73 Å². The van der Waals surface area contributed by atoms with Crippen molar-refractivity contribution < 1.29 is 9.59 Å². The predicted molar refractivity (Wildman–Crippen MR) is 106 cm³/mol. The van der Waals surface area contributed by atoms with Crippen LogP contribution in [0.5, 0.6) is 0 Å². The summed E-state index contributed by atoms with van der Waals surface area (Å²) in [7, 11) is 1.81. The van der Waals surface area contributed by atoms with Crippen molar-refractivity contribution in [3.8, 4) is 17.5 Å². The lowest BCUT2D eigenvalue weighted by Gasteiger charge is -2.14. The van der Waals surface area contributed by atoms with Gasteiger partial charge in [-0.2, -0.15) is 5.10 Å². The first-order valence-electron chi connectivity index (χ1n) is 9.58. The summed E-state index contributed by atoms with van der Waals surface area (Å²) in [6.07, 6.45) is 2.42. The van der Waals surface area contributed by atoms with Gasteiger partial charge in [-0.25, -0.2) is 4.68 Å². The molecule has 6 heteroatoms. The average molecular weight is 376 g/mol. The SMILES string of the molecule is CC1Cc2c(C(N)=O)nn(-c3cccc(C#C[C@]4(C)CCN(C)C4=O)c3)c2C1. The minimum atomic E-state index is -0.633. The van der Waals surface area contributed by atoms with Crippen LogP contribution >= 0.6 is 0 Å². The Kier molecular flexibility index (Phi) is 4.26. The van der Waals surface area contributed by atoms with Gasteiger partial charge in [0.15, 0.2) is 5.69 Å². The zero-order chi connectivity index (χ0) is 20.1. The Balaban J connectivity index is 1.70. The Morgan fingerprint density at radius 2 is 2.14 bits per heavy atom. The molecule has 2 atom stereocenters. The van der Waals surface area contributed by atoms with Gasteiger partial charge < -0.3 is 10.6 Å². The summed E-state index contributed by atoms with van der Waals surface area (Å²) < 4.78 is 1.82. The van der Waals surface area contributed by atoms with Gasteiger partial charge in [-0.3, -0.25) is 9.59 Å². The van der Waals surface area contributed by atoms with Crippen LogP contribution in [0, 0.1) is 23.2 Å². The number of carbonyl (C=O) groups is 2. The molecule has 1 saturated heterocycles. The van der Waals surface area contributed by atoms with E-state index >= 15 is 0 Å². The maximum Gasteiger partial charge on any atom is 0.269 e. The molecule has 2 aliphatic rings. The second kappa shape index (κ2) is 6.52. The van der Waals surface area contributed by atoms with Crippen LogP contribution in [0.3, 0.4) is 0 Å². The topological polar surface area (TPSA) is 81.2 Å². The van der Waals surface area contributed by atoms with Crippen LogP contribution in [0.2, 0.25) is 0 Å². The zero-order valence-corrected chi connectivity index (χ0v) is 16.5. The monoisotopic (exact) mass is 376 g/mol. The number of likely N-dealkylation sites (tertiary alicyclic amines) is 1. The highest BCUT2D eigenvalue weighted by Gasteiger charge is 2.39. The zero-order valence-electron chi connectivity index (χ0n) is 16.5. The van der Waals surface area contributed by atoms with E-state index in [4.69, 9.17) is 5.73 Å². The summed E-state index contributed by atoms with van der Waals surface area (Å²) in [5.41, 5.74) is 8.95. The van der Waals surface area contributed by atoms with Crippen molar-refractivity contribution in [3.05, 3.63) is 46.8 Å². The van der Waals surface area contributed by atoms with Crippen LogP contribution in [0.1, 0.15) is 47.6 Å². The molecule has 2 heterocycles. The molecule has 1 aliphatic heterocycles. The van der Waals surface area contributed by atoms with Crippen molar-refractivity contribution in [1.29, 1.82) is 0 Å². The number of amides is 2. The van der Waals surface area contributed by atoms with Crippen LogP contribution in [0.4, 0.5) is 0 Å². The lowest BCUT2D eigenvalue weighted by Crippen LogP contribution is -2.28. The predicted octanol–water partition coefficient (Wildman–Crippen LogP) is 1.93. The van der Waals surface area contributed by atoms with Gasteiger partial charge >= 0.3 is 0 Å².